The van der Waals surface area contributed by atoms with E-state index < -0.39 is 0 Å². The summed E-state index contributed by atoms with van der Waals surface area (Å²) in [4.78, 5) is 17.2. The third-order valence-corrected chi connectivity index (χ3v) is 4.53. The van der Waals surface area contributed by atoms with Crippen molar-refractivity contribution in [2.24, 2.45) is 0 Å². The normalized spacial score (nSPS) is 11.1. The van der Waals surface area contributed by atoms with Crippen LogP contribution in [-0.2, 0) is 18.7 Å². The van der Waals surface area contributed by atoms with E-state index >= 15 is 0 Å². The van der Waals surface area contributed by atoms with Gasteiger partial charge in [0, 0.05) is 18.0 Å². The fraction of sp³-hybridized carbons (Fsp3) is 0.250. The molecule has 0 unspecified atom stereocenters. The number of hydrogen-bond donors (Lipinski definition) is 0. The molecule has 124 valence electrons. The van der Waals surface area contributed by atoms with Crippen molar-refractivity contribution in [1.29, 1.82) is 0 Å². The SMILES string of the molecule is C=CCn1c(SCc2nnc(CC)o2)nc2cc(Cl)ccc2c1=O. The molecular formula is C16H15ClN4O2S. The monoisotopic (exact) mass is 362 g/mol. The van der Waals surface area contributed by atoms with E-state index in [1.165, 1.54) is 11.8 Å². The number of benzene rings is 1. The van der Waals surface area contributed by atoms with Gasteiger partial charge in [0.2, 0.25) is 11.8 Å². The number of aromatic nitrogens is 4. The Labute approximate surface area is 147 Å². The minimum atomic E-state index is -0.126. The largest absolute Gasteiger partial charge is 0.424 e. The lowest BCUT2D eigenvalue weighted by molar-refractivity contribution is 0.469. The minimum absolute atomic E-state index is 0.126. The molecule has 0 saturated carbocycles. The number of nitrogens with zero attached hydrogens (tertiary/aromatic N) is 4. The Balaban J connectivity index is 1.99. The van der Waals surface area contributed by atoms with E-state index in [1.54, 1.807) is 28.8 Å². The Morgan fingerprint density at radius 3 is 2.88 bits per heavy atom. The van der Waals surface area contributed by atoms with Gasteiger partial charge in [-0.25, -0.2) is 4.98 Å². The maximum Gasteiger partial charge on any atom is 0.262 e. The number of aryl methyl sites for hydroxylation is 1. The molecule has 1 aromatic carbocycles. The molecule has 3 rings (SSSR count). The van der Waals surface area contributed by atoms with Crippen LogP contribution in [0.2, 0.25) is 5.02 Å². The minimum Gasteiger partial charge on any atom is -0.424 e. The lowest BCUT2D eigenvalue weighted by atomic mass is 10.2. The van der Waals surface area contributed by atoms with E-state index in [2.05, 4.69) is 21.8 Å². The van der Waals surface area contributed by atoms with Gasteiger partial charge in [0.1, 0.15) is 0 Å². The van der Waals surface area contributed by atoms with Crippen molar-refractivity contribution in [2.75, 3.05) is 0 Å². The van der Waals surface area contributed by atoms with Crippen LogP contribution < -0.4 is 5.56 Å². The quantitative estimate of drug-likeness (QED) is 0.379. The van der Waals surface area contributed by atoms with Gasteiger partial charge < -0.3 is 4.42 Å². The van der Waals surface area contributed by atoms with Crippen LogP contribution in [-0.4, -0.2) is 19.7 Å². The summed E-state index contributed by atoms with van der Waals surface area (Å²) in [7, 11) is 0. The van der Waals surface area contributed by atoms with Crippen LogP contribution in [0.25, 0.3) is 10.9 Å². The summed E-state index contributed by atoms with van der Waals surface area (Å²) >= 11 is 7.37. The standard InChI is InChI=1S/C16H15ClN4O2S/c1-3-7-21-15(22)11-6-5-10(17)8-12(11)18-16(21)24-9-14-20-19-13(4-2)23-14/h3,5-6,8H,1,4,7,9H2,2H3. The molecule has 2 aromatic heterocycles. The highest BCUT2D eigenvalue weighted by molar-refractivity contribution is 7.98. The summed E-state index contributed by atoms with van der Waals surface area (Å²) in [6.07, 6.45) is 2.35. The van der Waals surface area contributed by atoms with Gasteiger partial charge in [0.25, 0.3) is 5.56 Å². The maximum atomic E-state index is 12.7. The van der Waals surface area contributed by atoms with Gasteiger partial charge in [-0.15, -0.1) is 16.8 Å². The number of hydrogen-bond acceptors (Lipinski definition) is 6. The van der Waals surface area contributed by atoms with E-state index in [1.807, 2.05) is 6.92 Å². The van der Waals surface area contributed by atoms with Crippen molar-refractivity contribution in [3.05, 3.63) is 58.0 Å². The molecule has 0 aliphatic rings. The van der Waals surface area contributed by atoms with Gasteiger partial charge in [-0.3, -0.25) is 9.36 Å². The Kier molecular flexibility index (Phi) is 5.01. The number of halogens is 1. The first kappa shape index (κ1) is 16.7. The van der Waals surface area contributed by atoms with Crippen LogP contribution in [0, 0.1) is 0 Å². The summed E-state index contributed by atoms with van der Waals surface area (Å²) in [6.45, 7) is 6.02. The van der Waals surface area contributed by atoms with Crippen LogP contribution in [0.1, 0.15) is 18.7 Å². The van der Waals surface area contributed by atoms with Crippen molar-refractivity contribution in [2.45, 2.75) is 30.8 Å². The molecule has 0 bridgehead atoms. The third kappa shape index (κ3) is 3.37. The average molecular weight is 363 g/mol. The molecule has 0 aliphatic heterocycles. The summed E-state index contributed by atoms with van der Waals surface area (Å²) < 4.78 is 7.07. The number of rotatable bonds is 6. The smallest absolute Gasteiger partial charge is 0.262 e. The van der Waals surface area contributed by atoms with Gasteiger partial charge in [-0.2, -0.15) is 0 Å². The lowest BCUT2D eigenvalue weighted by Crippen LogP contribution is -2.22. The zero-order chi connectivity index (χ0) is 17.1. The van der Waals surface area contributed by atoms with Crippen LogP contribution >= 0.6 is 23.4 Å². The molecule has 0 N–H and O–H groups in total. The van der Waals surface area contributed by atoms with Crippen molar-refractivity contribution < 1.29 is 4.42 Å². The molecule has 8 heteroatoms. The molecule has 24 heavy (non-hydrogen) atoms. The highest BCUT2D eigenvalue weighted by Crippen LogP contribution is 2.23. The van der Waals surface area contributed by atoms with E-state index in [4.69, 9.17) is 16.0 Å². The highest BCUT2D eigenvalue weighted by Gasteiger charge is 2.13. The first-order valence-corrected chi connectivity index (χ1v) is 8.73. The molecule has 2 heterocycles. The van der Waals surface area contributed by atoms with E-state index in [9.17, 15) is 4.79 Å². The molecule has 0 radical (unpaired) electrons. The van der Waals surface area contributed by atoms with Crippen molar-refractivity contribution in [1.82, 2.24) is 19.7 Å². The molecule has 6 nitrogen and oxygen atoms in total. The second-order valence-electron chi connectivity index (χ2n) is 4.99. The third-order valence-electron chi connectivity index (χ3n) is 3.33. The molecule has 0 saturated heterocycles. The predicted octanol–water partition coefficient (Wildman–Crippen LogP) is 3.47. The fourth-order valence-electron chi connectivity index (χ4n) is 2.19. The molecule has 0 amide bonds. The molecule has 0 fully saturated rings. The number of allylic oxidation sites excluding steroid dienone is 1. The summed E-state index contributed by atoms with van der Waals surface area (Å²) in [6, 6.07) is 5.05. The first-order chi connectivity index (χ1) is 11.6. The van der Waals surface area contributed by atoms with Crippen LogP contribution in [0.4, 0.5) is 0 Å². The van der Waals surface area contributed by atoms with Crippen LogP contribution in [0.5, 0.6) is 0 Å². The molecule has 3 aromatic rings. The Hall–Kier alpha value is -2.12. The zero-order valence-electron chi connectivity index (χ0n) is 13.0. The van der Waals surface area contributed by atoms with Crippen molar-refractivity contribution in [3.63, 3.8) is 0 Å². The molecular weight excluding hydrogens is 348 g/mol. The number of fused-ring (bicyclic) bond motifs is 1. The fourth-order valence-corrected chi connectivity index (χ4v) is 3.20. The van der Waals surface area contributed by atoms with Crippen LogP contribution in [0.15, 0.2) is 45.2 Å². The van der Waals surface area contributed by atoms with Gasteiger partial charge in [-0.05, 0) is 18.2 Å². The summed E-state index contributed by atoms with van der Waals surface area (Å²) in [5, 5.41) is 9.54. The van der Waals surface area contributed by atoms with Crippen LogP contribution in [0.3, 0.4) is 0 Å². The van der Waals surface area contributed by atoms with Gasteiger partial charge in [-0.1, -0.05) is 36.4 Å². The van der Waals surface area contributed by atoms with Gasteiger partial charge >= 0.3 is 0 Å². The zero-order valence-corrected chi connectivity index (χ0v) is 14.6. The Morgan fingerprint density at radius 2 is 2.17 bits per heavy atom. The predicted molar refractivity (Wildman–Crippen MR) is 94.4 cm³/mol. The maximum absolute atomic E-state index is 12.7. The lowest BCUT2D eigenvalue weighted by Gasteiger charge is -2.10. The van der Waals surface area contributed by atoms with E-state index in [0.717, 1.165) is 0 Å². The van der Waals surface area contributed by atoms with Crippen molar-refractivity contribution in [3.8, 4) is 0 Å². The number of thioether (sulfide) groups is 1. The molecule has 0 aliphatic carbocycles. The van der Waals surface area contributed by atoms with Crippen molar-refractivity contribution >= 4 is 34.3 Å². The average Bonchev–Trinajstić information content (AvgIpc) is 3.04. The van der Waals surface area contributed by atoms with Gasteiger partial charge in [0.05, 0.1) is 16.7 Å². The topological polar surface area (TPSA) is 73.8 Å². The molecule has 0 atom stereocenters. The van der Waals surface area contributed by atoms with Gasteiger partial charge in [0.15, 0.2) is 5.16 Å². The second kappa shape index (κ2) is 7.19. The highest BCUT2D eigenvalue weighted by atomic mass is 35.5. The summed E-state index contributed by atoms with van der Waals surface area (Å²) in [5.41, 5.74) is 0.439. The Morgan fingerprint density at radius 1 is 1.38 bits per heavy atom. The summed E-state index contributed by atoms with van der Waals surface area (Å²) in [5.74, 6) is 1.53. The second-order valence-corrected chi connectivity index (χ2v) is 6.37. The molecule has 0 spiro atoms. The Bertz CT molecular complexity index is 951. The van der Waals surface area contributed by atoms with E-state index in [0.29, 0.717) is 51.6 Å². The first-order valence-electron chi connectivity index (χ1n) is 7.37. The van der Waals surface area contributed by atoms with E-state index in [-0.39, 0.29) is 5.56 Å².